The van der Waals surface area contributed by atoms with Gasteiger partial charge in [0, 0.05) is 28.7 Å². The summed E-state index contributed by atoms with van der Waals surface area (Å²) in [5.74, 6) is 0.0993. The molecule has 1 aliphatic carbocycles. The molecule has 0 saturated heterocycles. The number of benzene rings is 2. The van der Waals surface area contributed by atoms with Gasteiger partial charge in [0.1, 0.15) is 0 Å². The number of carbonyl (C=O) groups is 1. The fraction of sp³-hybridized carbons (Fsp3) is 0.211. The van der Waals surface area contributed by atoms with Gasteiger partial charge in [0.05, 0.1) is 5.41 Å². The molecular formula is C19H17ClN2O. The second kappa shape index (κ2) is 5.43. The van der Waals surface area contributed by atoms with Crippen LogP contribution in [0.15, 0.2) is 54.7 Å². The Bertz CT molecular complexity index is 865. The first-order chi connectivity index (χ1) is 11.2. The van der Waals surface area contributed by atoms with Gasteiger partial charge in [-0.05, 0) is 42.2 Å². The Morgan fingerprint density at radius 1 is 1.17 bits per heavy atom. The Morgan fingerprint density at radius 3 is 2.70 bits per heavy atom. The molecule has 4 rings (SSSR count). The number of amides is 1. The van der Waals surface area contributed by atoms with Crippen LogP contribution in [0.1, 0.15) is 24.0 Å². The molecule has 1 heterocycles. The standard InChI is InChI=1S/C19H17ClN2O/c20-14-6-7-17-15(10-14)16(12-21-17)19(8-9-19)18(23)22-11-13-4-2-1-3-5-13/h1-7,10,12,21H,8-9,11H2,(H,22,23). The lowest BCUT2D eigenvalue weighted by atomic mass is 9.94. The summed E-state index contributed by atoms with van der Waals surface area (Å²) in [5.41, 5.74) is 2.78. The molecule has 1 aliphatic rings. The van der Waals surface area contributed by atoms with Crippen LogP contribution < -0.4 is 5.32 Å². The number of fused-ring (bicyclic) bond motifs is 1. The van der Waals surface area contributed by atoms with Crippen molar-refractivity contribution in [1.82, 2.24) is 10.3 Å². The summed E-state index contributed by atoms with van der Waals surface area (Å²) in [6, 6.07) is 15.7. The summed E-state index contributed by atoms with van der Waals surface area (Å²) in [6.07, 6.45) is 3.72. The molecule has 23 heavy (non-hydrogen) atoms. The molecule has 3 aromatic rings. The lowest BCUT2D eigenvalue weighted by Gasteiger charge is -2.15. The molecule has 1 fully saturated rings. The third-order valence-electron chi connectivity index (χ3n) is 4.64. The molecule has 1 amide bonds. The minimum Gasteiger partial charge on any atom is -0.361 e. The van der Waals surface area contributed by atoms with Crippen LogP contribution in [0, 0.1) is 0 Å². The Hall–Kier alpha value is -2.26. The van der Waals surface area contributed by atoms with Crippen LogP contribution in [0.4, 0.5) is 0 Å². The molecule has 2 N–H and O–H groups in total. The van der Waals surface area contributed by atoms with Crippen LogP contribution in [-0.2, 0) is 16.8 Å². The first-order valence-electron chi connectivity index (χ1n) is 7.78. The van der Waals surface area contributed by atoms with Crippen molar-refractivity contribution in [1.29, 1.82) is 0 Å². The average Bonchev–Trinajstić information content (AvgIpc) is 3.28. The third kappa shape index (κ3) is 2.51. The molecule has 0 unspecified atom stereocenters. The fourth-order valence-corrected chi connectivity index (χ4v) is 3.35. The maximum atomic E-state index is 12.8. The van der Waals surface area contributed by atoms with Crippen molar-refractivity contribution < 1.29 is 4.79 Å². The summed E-state index contributed by atoms with van der Waals surface area (Å²) in [4.78, 5) is 16.0. The number of rotatable bonds is 4. The minimum absolute atomic E-state index is 0.0993. The topological polar surface area (TPSA) is 44.9 Å². The summed E-state index contributed by atoms with van der Waals surface area (Å²) >= 11 is 6.12. The Balaban J connectivity index is 1.59. The SMILES string of the molecule is O=C(NCc1ccccc1)C1(c2c[nH]c3ccc(Cl)cc23)CC1. The maximum absolute atomic E-state index is 12.8. The van der Waals surface area contributed by atoms with Crippen molar-refractivity contribution in [3.63, 3.8) is 0 Å². The van der Waals surface area contributed by atoms with E-state index in [2.05, 4.69) is 10.3 Å². The summed E-state index contributed by atoms with van der Waals surface area (Å²) < 4.78 is 0. The van der Waals surface area contributed by atoms with Crippen LogP contribution in [0.5, 0.6) is 0 Å². The van der Waals surface area contributed by atoms with E-state index in [4.69, 9.17) is 11.6 Å². The molecule has 0 aliphatic heterocycles. The van der Waals surface area contributed by atoms with E-state index in [0.29, 0.717) is 11.6 Å². The summed E-state index contributed by atoms with van der Waals surface area (Å²) in [6.45, 7) is 0.560. The zero-order valence-corrected chi connectivity index (χ0v) is 13.4. The van der Waals surface area contributed by atoms with E-state index in [0.717, 1.165) is 34.9 Å². The molecule has 1 saturated carbocycles. The highest BCUT2D eigenvalue weighted by molar-refractivity contribution is 6.31. The van der Waals surface area contributed by atoms with Crippen LogP contribution in [-0.4, -0.2) is 10.9 Å². The van der Waals surface area contributed by atoms with Gasteiger partial charge in [0.25, 0.3) is 0 Å². The predicted octanol–water partition coefficient (Wildman–Crippen LogP) is 4.17. The highest BCUT2D eigenvalue weighted by Crippen LogP contribution is 2.50. The van der Waals surface area contributed by atoms with Crippen LogP contribution in [0.2, 0.25) is 5.02 Å². The van der Waals surface area contributed by atoms with E-state index in [-0.39, 0.29) is 5.91 Å². The van der Waals surface area contributed by atoms with Gasteiger partial charge < -0.3 is 10.3 Å². The highest BCUT2D eigenvalue weighted by atomic mass is 35.5. The molecule has 3 nitrogen and oxygen atoms in total. The fourth-order valence-electron chi connectivity index (χ4n) is 3.18. The van der Waals surface area contributed by atoms with Gasteiger partial charge in [-0.15, -0.1) is 0 Å². The molecule has 0 radical (unpaired) electrons. The largest absolute Gasteiger partial charge is 0.361 e. The number of halogens is 1. The maximum Gasteiger partial charge on any atom is 0.231 e. The van der Waals surface area contributed by atoms with Gasteiger partial charge in [-0.3, -0.25) is 4.79 Å². The molecule has 2 aromatic carbocycles. The van der Waals surface area contributed by atoms with Crippen LogP contribution in [0.3, 0.4) is 0 Å². The van der Waals surface area contributed by atoms with Crippen molar-refractivity contribution in [2.24, 2.45) is 0 Å². The quantitative estimate of drug-likeness (QED) is 0.743. The van der Waals surface area contributed by atoms with Gasteiger partial charge in [-0.1, -0.05) is 41.9 Å². The number of hydrogen-bond acceptors (Lipinski definition) is 1. The van der Waals surface area contributed by atoms with Crippen molar-refractivity contribution in [3.8, 4) is 0 Å². The molecular weight excluding hydrogens is 308 g/mol. The van der Waals surface area contributed by atoms with E-state index in [9.17, 15) is 4.79 Å². The van der Waals surface area contributed by atoms with Gasteiger partial charge in [0.2, 0.25) is 5.91 Å². The Kier molecular flexibility index (Phi) is 3.38. The zero-order chi connectivity index (χ0) is 15.9. The van der Waals surface area contributed by atoms with Crippen LogP contribution in [0.25, 0.3) is 10.9 Å². The lowest BCUT2D eigenvalue weighted by molar-refractivity contribution is -0.123. The van der Waals surface area contributed by atoms with E-state index < -0.39 is 5.41 Å². The van der Waals surface area contributed by atoms with Crippen LogP contribution >= 0.6 is 11.6 Å². The number of H-pyrrole nitrogens is 1. The molecule has 0 bridgehead atoms. The smallest absolute Gasteiger partial charge is 0.231 e. The summed E-state index contributed by atoms with van der Waals surface area (Å²) in [7, 11) is 0. The monoisotopic (exact) mass is 324 g/mol. The second-order valence-corrected chi connectivity index (χ2v) is 6.58. The first kappa shape index (κ1) is 14.3. The number of hydrogen-bond donors (Lipinski definition) is 2. The first-order valence-corrected chi connectivity index (χ1v) is 8.16. The number of aromatic nitrogens is 1. The Morgan fingerprint density at radius 2 is 1.96 bits per heavy atom. The number of aromatic amines is 1. The zero-order valence-electron chi connectivity index (χ0n) is 12.6. The van der Waals surface area contributed by atoms with Crippen molar-refractivity contribution >= 4 is 28.4 Å². The summed E-state index contributed by atoms with van der Waals surface area (Å²) in [5, 5.41) is 4.82. The molecule has 4 heteroatoms. The molecule has 116 valence electrons. The van der Waals surface area contributed by atoms with E-state index >= 15 is 0 Å². The van der Waals surface area contributed by atoms with Crippen molar-refractivity contribution in [3.05, 3.63) is 70.9 Å². The molecule has 0 atom stereocenters. The predicted molar refractivity (Wildman–Crippen MR) is 92.5 cm³/mol. The van der Waals surface area contributed by atoms with E-state index in [1.807, 2.05) is 54.7 Å². The lowest BCUT2D eigenvalue weighted by Crippen LogP contribution is -2.34. The number of carbonyl (C=O) groups excluding carboxylic acids is 1. The Labute approximate surface area is 139 Å². The average molecular weight is 325 g/mol. The van der Waals surface area contributed by atoms with E-state index in [1.54, 1.807) is 0 Å². The molecule has 0 spiro atoms. The van der Waals surface area contributed by atoms with Gasteiger partial charge in [-0.25, -0.2) is 0 Å². The van der Waals surface area contributed by atoms with Gasteiger partial charge in [-0.2, -0.15) is 0 Å². The third-order valence-corrected chi connectivity index (χ3v) is 4.88. The highest BCUT2D eigenvalue weighted by Gasteiger charge is 2.52. The molecule has 1 aromatic heterocycles. The van der Waals surface area contributed by atoms with Gasteiger partial charge in [0.15, 0.2) is 0 Å². The van der Waals surface area contributed by atoms with Crippen molar-refractivity contribution in [2.45, 2.75) is 24.8 Å². The van der Waals surface area contributed by atoms with Crippen molar-refractivity contribution in [2.75, 3.05) is 0 Å². The number of nitrogens with one attached hydrogen (secondary N) is 2. The normalized spacial score (nSPS) is 15.5. The minimum atomic E-state index is -0.405. The van der Waals surface area contributed by atoms with Gasteiger partial charge >= 0.3 is 0 Å². The van der Waals surface area contributed by atoms with E-state index in [1.165, 1.54) is 0 Å². The second-order valence-electron chi connectivity index (χ2n) is 6.14.